The molecule has 3 nitrogen and oxygen atoms in total. The number of carboxylic acids is 1. The number of aliphatic carboxylic acids is 1. The summed E-state index contributed by atoms with van der Waals surface area (Å²) in [6.45, 7) is 2.02. The van der Waals surface area contributed by atoms with E-state index in [0.717, 1.165) is 33.7 Å². The fraction of sp³-hybridized carbons (Fsp3) is 0.500. The van der Waals surface area contributed by atoms with E-state index >= 15 is 0 Å². The Morgan fingerprint density at radius 2 is 2.35 bits per heavy atom. The van der Waals surface area contributed by atoms with Gasteiger partial charge in [-0.1, -0.05) is 0 Å². The highest BCUT2D eigenvalue weighted by atomic mass is 79.9. The second kappa shape index (κ2) is 4.98. The first-order valence-corrected chi connectivity index (χ1v) is 7.25. The first-order chi connectivity index (χ1) is 8.01. The Labute approximate surface area is 113 Å². The number of aromatic nitrogens is 1. The van der Waals surface area contributed by atoms with Crippen molar-refractivity contribution in [3.63, 3.8) is 0 Å². The predicted octanol–water partition coefficient (Wildman–Crippen LogP) is 3.50. The lowest BCUT2D eigenvalue weighted by Crippen LogP contribution is -2.11. The van der Waals surface area contributed by atoms with Crippen molar-refractivity contribution in [3.05, 3.63) is 22.3 Å². The van der Waals surface area contributed by atoms with Crippen LogP contribution in [0.25, 0.3) is 0 Å². The molecule has 0 saturated heterocycles. The fourth-order valence-electron chi connectivity index (χ4n) is 1.77. The van der Waals surface area contributed by atoms with Crippen LogP contribution >= 0.6 is 27.7 Å². The van der Waals surface area contributed by atoms with Gasteiger partial charge >= 0.3 is 5.97 Å². The van der Waals surface area contributed by atoms with Gasteiger partial charge in [0.15, 0.2) is 0 Å². The van der Waals surface area contributed by atoms with Crippen LogP contribution in [-0.2, 0) is 4.79 Å². The van der Waals surface area contributed by atoms with Crippen molar-refractivity contribution >= 4 is 33.7 Å². The van der Waals surface area contributed by atoms with Gasteiger partial charge in [0, 0.05) is 16.4 Å². The zero-order valence-electron chi connectivity index (χ0n) is 9.57. The van der Waals surface area contributed by atoms with Gasteiger partial charge < -0.3 is 5.11 Å². The Morgan fingerprint density at radius 3 is 2.88 bits per heavy atom. The summed E-state index contributed by atoms with van der Waals surface area (Å²) in [5.74, 6) is 0.165. The molecule has 17 heavy (non-hydrogen) atoms. The molecule has 0 unspecified atom stereocenters. The van der Waals surface area contributed by atoms with E-state index in [4.69, 9.17) is 5.11 Å². The number of carboxylic acid groups (broad SMARTS) is 1. The van der Waals surface area contributed by atoms with Crippen LogP contribution in [0.2, 0.25) is 0 Å². The lowest BCUT2D eigenvalue weighted by molar-refractivity contribution is -0.138. The van der Waals surface area contributed by atoms with Crippen molar-refractivity contribution in [3.8, 4) is 0 Å². The van der Waals surface area contributed by atoms with Gasteiger partial charge in [0.25, 0.3) is 0 Å². The first-order valence-electron chi connectivity index (χ1n) is 5.48. The standard InChI is InChI=1S/C12H14BrNO2S/c1-8-4-9(13)6-14-11(8)17-7-12(2-3-12)5-10(15)16/h4,6H,2-3,5,7H2,1H3,(H,15,16). The summed E-state index contributed by atoms with van der Waals surface area (Å²) < 4.78 is 0.978. The van der Waals surface area contributed by atoms with E-state index in [9.17, 15) is 4.79 Å². The maximum atomic E-state index is 10.7. The van der Waals surface area contributed by atoms with Gasteiger partial charge in [-0.15, -0.1) is 11.8 Å². The molecule has 0 spiro atoms. The van der Waals surface area contributed by atoms with Gasteiger partial charge in [-0.25, -0.2) is 4.98 Å². The molecule has 0 aliphatic heterocycles. The number of hydrogen-bond donors (Lipinski definition) is 1. The molecular weight excluding hydrogens is 302 g/mol. The quantitative estimate of drug-likeness (QED) is 0.845. The van der Waals surface area contributed by atoms with E-state index in [-0.39, 0.29) is 11.8 Å². The Hall–Kier alpha value is -0.550. The van der Waals surface area contributed by atoms with Crippen molar-refractivity contribution in [2.75, 3.05) is 5.75 Å². The largest absolute Gasteiger partial charge is 0.481 e. The highest BCUT2D eigenvalue weighted by molar-refractivity contribution is 9.10. The number of halogens is 1. The van der Waals surface area contributed by atoms with Crippen LogP contribution in [0.4, 0.5) is 0 Å². The predicted molar refractivity (Wildman–Crippen MR) is 71.3 cm³/mol. The van der Waals surface area contributed by atoms with Crippen molar-refractivity contribution in [2.24, 2.45) is 5.41 Å². The van der Waals surface area contributed by atoms with Crippen LogP contribution in [0.5, 0.6) is 0 Å². The molecule has 1 heterocycles. The molecule has 1 aliphatic rings. The van der Waals surface area contributed by atoms with Gasteiger partial charge in [-0.05, 0) is 52.7 Å². The molecule has 1 saturated carbocycles. The maximum Gasteiger partial charge on any atom is 0.303 e. The molecule has 0 aromatic carbocycles. The SMILES string of the molecule is Cc1cc(Br)cnc1SCC1(CC(=O)O)CC1. The molecule has 2 rings (SSSR count). The van der Waals surface area contributed by atoms with E-state index in [2.05, 4.69) is 20.9 Å². The molecule has 1 N–H and O–H groups in total. The summed E-state index contributed by atoms with van der Waals surface area (Å²) in [7, 11) is 0. The lowest BCUT2D eigenvalue weighted by atomic mass is 10.1. The minimum Gasteiger partial charge on any atom is -0.481 e. The van der Waals surface area contributed by atoms with Crippen LogP contribution in [0.15, 0.2) is 21.8 Å². The summed E-state index contributed by atoms with van der Waals surface area (Å²) in [5.41, 5.74) is 1.16. The van der Waals surface area contributed by atoms with Crippen molar-refractivity contribution < 1.29 is 9.90 Å². The Kier molecular flexibility index (Phi) is 3.78. The molecule has 1 aliphatic carbocycles. The maximum absolute atomic E-state index is 10.7. The molecule has 1 aromatic rings. The molecule has 1 fully saturated rings. The minimum atomic E-state index is -0.691. The smallest absolute Gasteiger partial charge is 0.303 e. The van der Waals surface area contributed by atoms with Crippen LogP contribution in [0.3, 0.4) is 0 Å². The van der Waals surface area contributed by atoms with E-state index in [1.54, 1.807) is 18.0 Å². The van der Waals surface area contributed by atoms with Crippen LogP contribution in [0, 0.1) is 12.3 Å². The van der Waals surface area contributed by atoms with Gasteiger partial charge in [0.05, 0.1) is 11.4 Å². The lowest BCUT2D eigenvalue weighted by Gasteiger charge is -2.12. The molecular formula is C12H14BrNO2S. The van der Waals surface area contributed by atoms with E-state index in [1.807, 2.05) is 13.0 Å². The summed E-state index contributed by atoms with van der Waals surface area (Å²) in [5, 5.41) is 9.85. The van der Waals surface area contributed by atoms with Crippen LogP contribution in [-0.4, -0.2) is 21.8 Å². The summed E-state index contributed by atoms with van der Waals surface area (Å²) in [4.78, 5) is 15.1. The normalized spacial score (nSPS) is 16.8. The average Bonchev–Trinajstić information content (AvgIpc) is 2.96. The number of hydrogen-bond acceptors (Lipinski definition) is 3. The monoisotopic (exact) mass is 315 g/mol. The fourth-order valence-corrected chi connectivity index (χ4v) is 3.46. The third-order valence-electron chi connectivity index (χ3n) is 3.00. The molecule has 5 heteroatoms. The number of carbonyl (C=O) groups is 1. The second-order valence-electron chi connectivity index (χ2n) is 4.63. The van der Waals surface area contributed by atoms with Gasteiger partial charge in [-0.3, -0.25) is 4.79 Å². The van der Waals surface area contributed by atoms with Crippen molar-refractivity contribution in [2.45, 2.75) is 31.2 Å². The highest BCUT2D eigenvalue weighted by Crippen LogP contribution is 2.52. The Bertz CT molecular complexity index is 446. The Morgan fingerprint density at radius 1 is 1.65 bits per heavy atom. The van der Waals surface area contributed by atoms with Crippen LogP contribution in [0.1, 0.15) is 24.8 Å². The number of pyridine rings is 1. The topological polar surface area (TPSA) is 50.2 Å². The summed E-state index contributed by atoms with van der Waals surface area (Å²) in [6.07, 6.45) is 4.13. The highest BCUT2D eigenvalue weighted by Gasteiger charge is 2.44. The summed E-state index contributed by atoms with van der Waals surface area (Å²) >= 11 is 5.05. The zero-order valence-corrected chi connectivity index (χ0v) is 12.0. The zero-order chi connectivity index (χ0) is 12.5. The third-order valence-corrected chi connectivity index (χ3v) is 4.89. The number of thioether (sulfide) groups is 1. The second-order valence-corrected chi connectivity index (χ2v) is 6.51. The minimum absolute atomic E-state index is 0.0255. The van der Waals surface area contributed by atoms with Gasteiger partial charge in [-0.2, -0.15) is 0 Å². The van der Waals surface area contributed by atoms with Gasteiger partial charge in [0.2, 0.25) is 0 Å². The number of nitrogens with zero attached hydrogens (tertiary/aromatic N) is 1. The first kappa shape index (κ1) is 12.9. The van der Waals surface area contributed by atoms with E-state index < -0.39 is 5.97 Å². The number of aryl methyl sites for hydroxylation is 1. The van der Waals surface area contributed by atoms with Crippen molar-refractivity contribution in [1.29, 1.82) is 0 Å². The molecule has 0 bridgehead atoms. The van der Waals surface area contributed by atoms with E-state index in [0.29, 0.717) is 0 Å². The summed E-state index contributed by atoms with van der Waals surface area (Å²) in [6, 6.07) is 2.03. The van der Waals surface area contributed by atoms with Crippen molar-refractivity contribution in [1.82, 2.24) is 4.98 Å². The van der Waals surface area contributed by atoms with E-state index in [1.165, 1.54) is 0 Å². The molecule has 92 valence electrons. The Balaban J connectivity index is 1.96. The molecule has 0 amide bonds. The van der Waals surface area contributed by atoms with Gasteiger partial charge in [0.1, 0.15) is 0 Å². The molecule has 0 atom stereocenters. The number of rotatable bonds is 5. The molecule has 0 radical (unpaired) electrons. The third kappa shape index (κ3) is 3.45. The van der Waals surface area contributed by atoms with Crippen LogP contribution < -0.4 is 0 Å². The average molecular weight is 316 g/mol. The molecule has 1 aromatic heterocycles.